The smallest absolute Gasteiger partial charge is 0.226 e. The number of carbonyl (C=O) groups excluding carboxylic acids is 1. The summed E-state index contributed by atoms with van der Waals surface area (Å²) < 4.78 is 7.28. The molecule has 0 unspecified atom stereocenters. The first-order chi connectivity index (χ1) is 12.0. The summed E-state index contributed by atoms with van der Waals surface area (Å²) in [6.07, 6.45) is 3.80. The summed E-state index contributed by atoms with van der Waals surface area (Å²) in [4.78, 5) is 16.4. The summed E-state index contributed by atoms with van der Waals surface area (Å²) in [5.74, 6) is 1.38. The van der Waals surface area contributed by atoms with E-state index in [0.717, 1.165) is 22.5 Å². The maximum atomic E-state index is 12.2. The van der Waals surface area contributed by atoms with Crippen molar-refractivity contribution in [3.8, 4) is 11.3 Å². The van der Waals surface area contributed by atoms with Crippen LogP contribution in [0, 0.1) is 0 Å². The number of hydrogen-bond acceptors (Lipinski definition) is 5. The van der Waals surface area contributed by atoms with Crippen LogP contribution in [0.1, 0.15) is 49.1 Å². The monoisotopic (exact) mass is 337 g/mol. The van der Waals surface area contributed by atoms with Crippen LogP contribution in [0.15, 0.2) is 35.1 Å². The second-order valence-electron chi connectivity index (χ2n) is 6.59. The Bertz CT molecular complexity index is 926. The minimum absolute atomic E-state index is 0.0549. The van der Waals surface area contributed by atoms with Crippen LogP contribution in [-0.2, 0) is 11.8 Å². The van der Waals surface area contributed by atoms with E-state index in [9.17, 15) is 4.79 Å². The van der Waals surface area contributed by atoms with Gasteiger partial charge in [-0.1, -0.05) is 19.0 Å². The molecule has 0 bridgehead atoms. The second-order valence-corrected chi connectivity index (χ2v) is 6.59. The number of aromatic nitrogens is 4. The maximum absolute atomic E-state index is 12.2. The van der Waals surface area contributed by atoms with Gasteiger partial charge in [-0.3, -0.25) is 14.5 Å². The number of fused-ring (bicyclic) bond motifs is 1. The van der Waals surface area contributed by atoms with Crippen molar-refractivity contribution in [2.75, 3.05) is 5.32 Å². The highest BCUT2D eigenvalue weighted by molar-refractivity contribution is 5.96. The van der Waals surface area contributed by atoms with Crippen LogP contribution in [0.2, 0.25) is 0 Å². The van der Waals surface area contributed by atoms with Crippen molar-refractivity contribution in [2.45, 2.75) is 32.1 Å². The van der Waals surface area contributed by atoms with Crippen molar-refractivity contribution in [1.82, 2.24) is 19.9 Å². The SMILES string of the molecule is CC(C)c1cc([C@H]2CC(=O)Nc3c2c(-c2cccnc2)nn3C)on1. The third-order valence-corrected chi connectivity index (χ3v) is 4.50. The standard InChI is InChI=1S/C18H19N5O2/c1-10(2)13-8-14(25-22-13)12-7-15(24)20-18-16(12)17(21-23(18)3)11-5-4-6-19-9-11/h4-6,8-10,12H,7H2,1-3H3,(H,20,24)/t12-/m1/s1. The third kappa shape index (κ3) is 2.61. The van der Waals surface area contributed by atoms with Gasteiger partial charge in [0.25, 0.3) is 0 Å². The predicted octanol–water partition coefficient (Wildman–Crippen LogP) is 3.07. The topological polar surface area (TPSA) is 85.8 Å². The van der Waals surface area contributed by atoms with Gasteiger partial charge in [0.1, 0.15) is 17.3 Å². The highest BCUT2D eigenvalue weighted by Crippen LogP contribution is 2.42. The van der Waals surface area contributed by atoms with Gasteiger partial charge in [-0.25, -0.2) is 0 Å². The summed E-state index contributed by atoms with van der Waals surface area (Å²) in [6, 6.07) is 5.78. The van der Waals surface area contributed by atoms with Gasteiger partial charge >= 0.3 is 0 Å². The summed E-state index contributed by atoms with van der Waals surface area (Å²) in [5.41, 5.74) is 3.54. The lowest BCUT2D eigenvalue weighted by Crippen LogP contribution is -2.24. The predicted molar refractivity (Wildman–Crippen MR) is 92.1 cm³/mol. The van der Waals surface area contributed by atoms with E-state index in [0.29, 0.717) is 18.0 Å². The minimum Gasteiger partial charge on any atom is -0.360 e. The first-order valence-electron chi connectivity index (χ1n) is 8.28. The van der Waals surface area contributed by atoms with Gasteiger partial charge < -0.3 is 9.84 Å². The Morgan fingerprint density at radius 2 is 2.24 bits per heavy atom. The zero-order valence-corrected chi connectivity index (χ0v) is 14.4. The average molecular weight is 337 g/mol. The molecule has 1 aliphatic heterocycles. The van der Waals surface area contributed by atoms with Crippen LogP contribution < -0.4 is 5.32 Å². The van der Waals surface area contributed by atoms with Crippen LogP contribution in [0.25, 0.3) is 11.3 Å². The van der Waals surface area contributed by atoms with Crippen LogP contribution in [-0.4, -0.2) is 25.8 Å². The normalized spacial score (nSPS) is 16.8. The number of rotatable bonds is 3. The third-order valence-electron chi connectivity index (χ3n) is 4.50. The van der Waals surface area contributed by atoms with E-state index < -0.39 is 0 Å². The van der Waals surface area contributed by atoms with Gasteiger partial charge in [0.15, 0.2) is 0 Å². The number of aryl methyl sites for hydroxylation is 1. The largest absolute Gasteiger partial charge is 0.360 e. The van der Waals surface area contributed by atoms with Crippen molar-refractivity contribution in [1.29, 1.82) is 0 Å². The molecule has 1 amide bonds. The van der Waals surface area contributed by atoms with Crippen LogP contribution in [0.4, 0.5) is 5.82 Å². The summed E-state index contributed by atoms with van der Waals surface area (Å²) in [5, 5.41) is 11.7. The van der Waals surface area contributed by atoms with E-state index in [-0.39, 0.29) is 17.7 Å². The average Bonchev–Trinajstić information content (AvgIpc) is 3.21. The lowest BCUT2D eigenvalue weighted by atomic mass is 9.88. The van der Waals surface area contributed by atoms with Crippen LogP contribution in [0.5, 0.6) is 0 Å². The highest BCUT2D eigenvalue weighted by Gasteiger charge is 2.35. The van der Waals surface area contributed by atoms with E-state index in [4.69, 9.17) is 4.52 Å². The number of nitrogens with one attached hydrogen (secondary N) is 1. The Morgan fingerprint density at radius 3 is 2.92 bits per heavy atom. The van der Waals surface area contributed by atoms with Crippen molar-refractivity contribution in [3.05, 3.63) is 47.6 Å². The fraction of sp³-hybridized carbons (Fsp3) is 0.333. The van der Waals surface area contributed by atoms with E-state index in [1.165, 1.54) is 0 Å². The molecule has 0 saturated carbocycles. The molecular weight excluding hydrogens is 318 g/mol. The van der Waals surface area contributed by atoms with Gasteiger partial charge in [-0.05, 0) is 18.1 Å². The van der Waals surface area contributed by atoms with Gasteiger partial charge in [0.05, 0.1) is 11.6 Å². The van der Waals surface area contributed by atoms with Gasteiger partial charge in [0.2, 0.25) is 5.91 Å². The molecule has 7 nitrogen and oxygen atoms in total. The van der Waals surface area contributed by atoms with Crippen LogP contribution >= 0.6 is 0 Å². The van der Waals surface area contributed by atoms with E-state index in [1.807, 2.05) is 25.2 Å². The number of nitrogens with zero attached hydrogens (tertiary/aromatic N) is 4. The van der Waals surface area contributed by atoms with Crippen molar-refractivity contribution in [3.63, 3.8) is 0 Å². The quantitative estimate of drug-likeness (QED) is 0.794. The Morgan fingerprint density at radius 1 is 1.40 bits per heavy atom. The van der Waals surface area contributed by atoms with Gasteiger partial charge in [-0.2, -0.15) is 5.10 Å². The molecule has 4 heterocycles. The van der Waals surface area contributed by atoms with E-state index >= 15 is 0 Å². The van der Waals surface area contributed by atoms with E-state index in [1.54, 1.807) is 17.1 Å². The molecule has 25 heavy (non-hydrogen) atoms. The van der Waals surface area contributed by atoms with Crippen molar-refractivity contribution < 1.29 is 9.32 Å². The molecule has 3 aromatic heterocycles. The lowest BCUT2D eigenvalue weighted by Gasteiger charge is -2.21. The molecule has 0 aromatic carbocycles. The Kier molecular flexibility index (Phi) is 3.63. The molecule has 1 N–H and O–H groups in total. The summed E-state index contributed by atoms with van der Waals surface area (Å²) in [7, 11) is 1.82. The molecule has 4 rings (SSSR count). The molecule has 0 saturated heterocycles. The van der Waals surface area contributed by atoms with Gasteiger partial charge in [0, 0.05) is 43.1 Å². The van der Waals surface area contributed by atoms with E-state index in [2.05, 4.69) is 34.4 Å². The molecule has 0 radical (unpaired) electrons. The molecule has 0 aliphatic carbocycles. The first-order valence-corrected chi connectivity index (χ1v) is 8.28. The number of anilines is 1. The number of amides is 1. The lowest BCUT2D eigenvalue weighted by molar-refractivity contribution is -0.116. The summed E-state index contributed by atoms with van der Waals surface area (Å²) in [6.45, 7) is 4.12. The van der Waals surface area contributed by atoms with Crippen LogP contribution in [0.3, 0.4) is 0 Å². The maximum Gasteiger partial charge on any atom is 0.226 e. The first kappa shape index (κ1) is 15.6. The van der Waals surface area contributed by atoms with Crippen molar-refractivity contribution in [2.24, 2.45) is 7.05 Å². The Hall–Kier alpha value is -2.96. The number of pyridine rings is 1. The molecule has 3 aromatic rings. The number of hydrogen-bond donors (Lipinski definition) is 1. The molecular formula is C18H19N5O2. The molecule has 1 atom stereocenters. The highest BCUT2D eigenvalue weighted by atomic mass is 16.5. The fourth-order valence-electron chi connectivity index (χ4n) is 3.19. The Labute approximate surface area is 145 Å². The molecule has 7 heteroatoms. The summed E-state index contributed by atoms with van der Waals surface area (Å²) >= 11 is 0. The van der Waals surface area contributed by atoms with Gasteiger partial charge in [-0.15, -0.1) is 0 Å². The molecule has 0 spiro atoms. The molecule has 0 fully saturated rings. The molecule has 1 aliphatic rings. The molecule has 128 valence electrons. The second kappa shape index (κ2) is 5.84. The zero-order valence-electron chi connectivity index (χ0n) is 14.4. The van der Waals surface area contributed by atoms with Crippen molar-refractivity contribution >= 4 is 11.7 Å². The minimum atomic E-state index is -0.215. The Balaban J connectivity index is 1.88. The zero-order chi connectivity index (χ0) is 17.6. The number of carbonyl (C=O) groups is 1. The fourth-order valence-corrected chi connectivity index (χ4v) is 3.19.